The molecule has 0 radical (unpaired) electrons. The van der Waals surface area contributed by atoms with Gasteiger partial charge >= 0.3 is 0 Å². The molecule has 5 heteroatoms. The molecule has 0 spiro atoms. The minimum atomic E-state index is -0.157. The molecule has 2 aliphatic heterocycles. The lowest BCUT2D eigenvalue weighted by atomic mass is 10.1. The van der Waals surface area contributed by atoms with Crippen LogP contribution in [0.2, 0.25) is 0 Å². The van der Waals surface area contributed by atoms with E-state index in [-0.39, 0.29) is 17.7 Å². The van der Waals surface area contributed by atoms with Crippen LogP contribution in [0.1, 0.15) is 29.6 Å². The smallest absolute Gasteiger partial charge is 0.253 e. The summed E-state index contributed by atoms with van der Waals surface area (Å²) in [7, 11) is 0. The molecule has 2 aliphatic rings. The Kier molecular flexibility index (Phi) is 5.10. The van der Waals surface area contributed by atoms with Crippen molar-refractivity contribution in [1.82, 2.24) is 4.90 Å². The summed E-state index contributed by atoms with van der Waals surface area (Å²) in [6.07, 6.45) is 3.20. The van der Waals surface area contributed by atoms with Gasteiger partial charge in [-0.25, -0.2) is 0 Å². The molecular formula is C22H25N3O2. The lowest BCUT2D eigenvalue weighted by molar-refractivity contribution is -0.119. The van der Waals surface area contributed by atoms with Gasteiger partial charge in [-0.05, 0) is 55.7 Å². The molecule has 2 aromatic rings. The summed E-state index contributed by atoms with van der Waals surface area (Å²) in [5, 5.41) is 3.01. The van der Waals surface area contributed by atoms with Crippen molar-refractivity contribution in [2.24, 2.45) is 5.92 Å². The van der Waals surface area contributed by atoms with E-state index >= 15 is 0 Å². The van der Waals surface area contributed by atoms with Crippen LogP contribution in [-0.4, -0.2) is 42.9 Å². The van der Waals surface area contributed by atoms with Gasteiger partial charge in [0.25, 0.3) is 5.91 Å². The molecule has 1 atom stereocenters. The second-order valence-electron chi connectivity index (χ2n) is 7.33. The number of hydrogen-bond donors (Lipinski definition) is 1. The highest BCUT2D eigenvalue weighted by molar-refractivity contribution is 5.96. The first-order valence-electron chi connectivity index (χ1n) is 9.71. The van der Waals surface area contributed by atoms with E-state index in [1.807, 2.05) is 42.5 Å². The van der Waals surface area contributed by atoms with E-state index in [2.05, 4.69) is 22.3 Å². The molecule has 2 saturated heterocycles. The highest BCUT2D eigenvalue weighted by atomic mass is 16.2. The van der Waals surface area contributed by atoms with Gasteiger partial charge < -0.3 is 15.1 Å². The Morgan fingerprint density at radius 2 is 1.59 bits per heavy atom. The zero-order chi connectivity index (χ0) is 18.6. The lowest BCUT2D eigenvalue weighted by Crippen LogP contribution is -2.31. The van der Waals surface area contributed by atoms with Crippen molar-refractivity contribution in [2.45, 2.75) is 19.3 Å². The van der Waals surface area contributed by atoms with Crippen molar-refractivity contribution >= 4 is 23.2 Å². The zero-order valence-corrected chi connectivity index (χ0v) is 15.4. The van der Waals surface area contributed by atoms with Crippen molar-refractivity contribution in [3.8, 4) is 0 Å². The SMILES string of the molecule is O=C(Nc1ccc(N2CCCC2)cc1)C1CCN(C(=O)c2ccccc2)C1. The summed E-state index contributed by atoms with van der Waals surface area (Å²) in [4.78, 5) is 29.3. The number of carbonyl (C=O) groups is 2. The molecule has 1 N–H and O–H groups in total. The number of nitrogens with zero attached hydrogens (tertiary/aromatic N) is 2. The Morgan fingerprint density at radius 3 is 2.30 bits per heavy atom. The minimum absolute atomic E-state index is 0.000802. The molecule has 0 aliphatic carbocycles. The number of hydrogen-bond acceptors (Lipinski definition) is 3. The minimum Gasteiger partial charge on any atom is -0.372 e. The van der Waals surface area contributed by atoms with Crippen molar-refractivity contribution in [3.05, 3.63) is 60.2 Å². The van der Waals surface area contributed by atoms with Crippen LogP contribution < -0.4 is 10.2 Å². The normalized spacial score (nSPS) is 19.3. The third-order valence-electron chi connectivity index (χ3n) is 5.47. The van der Waals surface area contributed by atoms with E-state index in [0.29, 0.717) is 25.1 Å². The first-order valence-corrected chi connectivity index (χ1v) is 9.71. The fourth-order valence-corrected chi connectivity index (χ4v) is 3.90. The first-order chi connectivity index (χ1) is 13.2. The molecule has 2 heterocycles. The number of amides is 2. The second kappa shape index (κ2) is 7.82. The van der Waals surface area contributed by atoms with Crippen LogP contribution in [0.3, 0.4) is 0 Å². The molecule has 2 amide bonds. The maximum absolute atomic E-state index is 12.6. The number of anilines is 2. The topological polar surface area (TPSA) is 52.7 Å². The van der Waals surface area contributed by atoms with Crippen LogP contribution >= 0.6 is 0 Å². The van der Waals surface area contributed by atoms with Gasteiger partial charge in [-0.2, -0.15) is 0 Å². The van der Waals surface area contributed by atoms with Gasteiger partial charge in [0, 0.05) is 43.1 Å². The third-order valence-corrected chi connectivity index (χ3v) is 5.47. The van der Waals surface area contributed by atoms with Gasteiger partial charge in [-0.1, -0.05) is 18.2 Å². The van der Waals surface area contributed by atoms with E-state index in [9.17, 15) is 9.59 Å². The molecule has 140 valence electrons. The molecule has 2 aromatic carbocycles. The molecule has 2 fully saturated rings. The van der Waals surface area contributed by atoms with Gasteiger partial charge in [0.1, 0.15) is 0 Å². The van der Waals surface area contributed by atoms with Gasteiger partial charge in [-0.15, -0.1) is 0 Å². The van der Waals surface area contributed by atoms with E-state index in [4.69, 9.17) is 0 Å². The Hall–Kier alpha value is -2.82. The van der Waals surface area contributed by atoms with Crippen LogP contribution in [-0.2, 0) is 4.79 Å². The summed E-state index contributed by atoms with van der Waals surface area (Å²) < 4.78 is 0. The molecule has 27 heavy (non-hydrogen) atoms. The fourth-order valence-electron chi connectivity index (χ4n) is 3.90. The average molecular weight is 363 g/mol. The van der Waals surface area contributed by atoms with E-state index in [1.165, 1.54) is 18.5 Å². The summed E-state index contributed by atoms with van der Waals surface area (Å²) in [6, 6.07) is 17.3. The number of likely N-dealkylation sites (tertiary alicyclic amines) is 1. The molecule has 0 aromatic heterocycles. The zero-order valence-electron chi connectivity index (χ0n) is 15.4. The predicted molar refractivity (Wildman–Crippen MR) is 107 cm³/mol. The van der Waals surface area contributed by atoms with Gasteiger partial charge in [-0.3, -0.25) is 9.59 Å². The molecule has 0 saturated carbocycles. The summed E-state index contributed by atoms with van der Waals surface area (Å²) >= 11 is 0. The van der Waals surface area contributed by atoms with Crippen molar-refractivity contribution < 1.29 is 9.59 Å². The predicted octanol–water partition coefficient (Wildman–Crippen LogP) is 3.39. The van der Waals surface area contributed by atoms with Crippen molar-refractivity contribution in [1.29, 1.82) is 0 Å². The monoisotopic (exact) mass is 363 g/mol. The van der Waals surface area contributed by atoms with E-state index < -0.39 is 0 Å². The number of benzene rings is 2. The van der Waals surface area contributed by atoms with Crippen LogP contribution in [0.25, 0.3) is 0 Å². The second-order valence-corrected chi connectivity index (χ2v) is 7.33. The third kappa shape index (κ3) is 3.97. The molecule has 0 bridgehead atoms. The number of carbonyl (C=O) groups excluding carboxylic acids is 2. The Morgan fingerprint density at radius 1 is 0.889 bits per heavy atom. The maximum Gasteiger partial charge on any atom is 0.253 e. The highest BCUT2D eigenvalue weighted by Gasteiger charge is 2.31. The Labute approximate surface area is 160 Å². The molecule has 5 nitrogen and oxygen atoms in total. The fraction of sp³-hybridized carbons (Fsp3) is 0.364. The quantitative estimate of drug-likeness (QED) is 0.906. The van der Waals surface area contributed by atoms with Gasteiger partial charge in [0.2, 0.25) is 5.91 Å². The molecular weight excluding hydrogens is 338 g/mol. The lowest BCUT2D eigenvalue weighted by Gasteiger charge is -2.18. The summed E-state index contributed by atoms with van der Waals surface area (Å²) in [6.45, 7) is 3.32. The summed E-state index contributed by atoms with van der Waals surface area (Å²) in [5.74, 6) is -0.163. The van der Waals surface area contributed by atoms with E-state index in [0.717, 1.165) is 18.8 Å². The van der Waals surface area contributed by atoms with Gasteiger partial charge in [0.05, 0.1) is 5.92 Å². The highest BCUT2D eigenvalue weighted by Crippen LogP contribution is 2.24. The van der Waals surface area contributed by atoms with Crippen LogP contribution in [0.4, 0.5) is 11.4 Å². The number of rotatable bonds is 4. The van der Waals surface area contributed by atoms with Crippen molar-refractivity contribution in [3.63, 3.8) is 0 Å². The maximum atomic E-state index is 12.6. The van der Waals surface area contributed by atoms with Crippen LogP contribution in [0.5, 0.6) is 0 Å². The average Bonchev–Trinajstić information content (AvgIpc) is 3.41. The first kappa shape index (κ1) is 17.6. The number of nitrogens with one attached hydrogen (secondary N) is 1. The summed E-state index contributed by atoms with van der Waals surface area (Å²) in [5.41, 5.74) is 2.71. The Bertz CT molecular complexity index is 798. The Balaban J connectivity index is 1.33. The van der Waals surface area contributed by atoms with Crippen LogP contribution in [0, 0.1) is 5.92 Å². The van der Waals surface area contributed by atoms with E-state index in [1.54, 1.807) is 4.90 Å². The van der Waals surface area contributed by atoms with Crippen LogP contribution in [0.15, 0.2) is 54.6 Å². The van der Waals surface area contributed by atoms with Gasteiger partial charge in [0.15, 0.2) is 0 Å². The molecule has 4 rings (SSSR count). The standard InChI is InChI=1S/C22H25N3O2/c26-21(23-19-8-10-20(11-9-19)24-13-4-5-14-24)18-12-15-25(16-18)22(27)17-6-2-1-3-7-17/h1-3,6-11,18H,4-5,12-16H2,(H,23,26). The largest absolute Gasteiger partial charge is 0.372 e. The molecule has 1 unspecified atom stereocenters. The van der Waals surface area contributed by atoms with Crippen molar-refractivity contribution in [2.75, 3.05) is 36.4 Å².